The van der Waals surface area contributed by atoms with Crippen LogP contribution in [0, 0.1) is 0 Å². The second-order valence-electron chi connectivity index (χ2n) is 6.61. The van der Waals surface area contributed by atoms with Gasteiger partial charge in [0.1, 0.15) is 0 Å². The Morgan fingerprint density at radius 1 is 1.17 bits per heavy atom. The summed E-state index contributed by atoms with van der Waals surface area (Å²) in [5.74, 6) is 1.03. The average molecular weight is 481 g/mol. The number of ether oxygens (including phenoxy) is 2. The molecule has 1 aliphatic carbocycles. The normalized spacial score (nSPS) is 39.0. The van der Waals surface area contributed by atoms with E-state index in [1.54, 1.807) is 17.5 Å². The standard InChI is InChI=1S/C16H19Br2NO4S/c1-22-10-7-9-12(8-11(10)23-2)24(20,21)19-13-5-3-4-6-16(9,13)14(17)15(19)18/h7-8,13-15H,3-6H2,1-2H3/t13-,14+,15-,16+/m1/s1. The van der Waals surface area contributed by atoms with Crippen molar-refractivity contribution < 1.29 is 17.9 Å². The molecule has 132 valence electrons. The summed E-state index contributed by atoms with van der Waals surface area (Å²) in [6, 6.07) is 3.48. The lowest BCUT2D eigenvalue weighted by molar-refractivity contribution is 0.205. The first-order valence-corrected chi connectivity index (χ1v) is 11.2. The maximum Gasteiger partial charge on any atom is 0.244 e. The highest BCUT2D eigenvalue weighted by atomic mass is 79.9. The first-order chi connectivity index (χ1) is 11.4. The zero-order chi connectivity index (χ0) is 17.3. The van der Waals surface area contributed by atoms with Crippen LogP contribution in [-0.4, -0.2) is 42.8 Å². The molecule has 1 aromatic carbocycles. The lowest BCUT2D eigenvalue weighted by Gasteiger charge is -2.47. The van der Waals surface area contributed by atoms with Crippen molar-refractivity contribution in [3.8, 4) is 11.5 Å². The largest absolute Gasteiger partial charge is 0.493 e. The van der Waals surface area contributed by atoms with E-state index < -0.39 is 10.0 Å². The minimum atomic E-state index is -3.59. The Morgan fingerprint density at radius 3 is 2.50 bits per heavy atom. The monoisotopic (exact) mass is 479 g/mol. The van der Waals surface area contributed by atoms with Crippen LogP contribution in [0.4, 0.5) is 0 Å². The van der Waals surface area contributed by atoms with Gasteiger partial charge < -0.3 is 9.47 Å². The second kappa shape index (κ2) is 5.59. The molecule has 24 heavy (non-hydrogen) atoms. The van der Waals surface area contributed by atoms with Gasteiger partial charge in [-0.3, -0.25) is 0 Å². The quantitative estimate of drug-likeness (QED) is 0.481. The van der Waals surface area contributed by atoms with Crippen molar-refractivity contribution in [3.63, 3.8) is 0 Å². The molecule has 2 heterocycles. The van der Waals surface area contributed by atoms with Crippen molar-refractivity contribution in [3.05, 3.63) is 17.7 Å². The van der Waals surface area contributed by atoms with Crippen molar-refractivity contribution in [2.45, 2.75) is 51.8 Å². The van der Waals surface area contributed by atoms with E-state index in [0.717, 1.165) is 31.2 Å². The molecule has 3 aliphatic rings. The van der Waals surface area contributed by atoms with Crippen LogP contribution >= 0.6 is 31.9 Å². The Morgan fingerprint density at radius 2 is 1.83 bits per heavy atom. The number of hydrogen-bond donors (Lipinski definition) is 0. The molecule has 5 nitrogen and oxygen atoms in total. The number of halogens is 2. The number of nitrogens with zero attached hydrogens (tertiary/aromatic N) is 1. The van der Waals surface area contributed by atoms with Crippen LogP contribution in [0.2, 0.25) is 0 Å². The van der Waals surface area contributed by atoms with E-state index in [9.17, 15) is 8.42 Å². The Labute approximate surface area is 159 Å². The molecular weight excluding hydrogens is 462 g/mol. The fourth-order valence-corrected chi connectivity index (χ4v) is 9.35. The third-order valence-electron chi connectivity index (χ3n) is 5.74. The van der Waals surface area contributed by atoms with Gasteiger partial charge in [-0.25, -0.2) is 8.42 Å². The van der Waals surface area contributed by atoms with Gasteiger partial charge in [-0.15, -0.1) is 0 Å². The molecule has 1 aromatic rings. The molecule has 1 saturated carbocycles. The fourth-order valence-electron chi connectivity index (χ4n) is 4.72. The highest BCUT2D eigenvalue weighted by Crippen LogP contribution is 2.62. The summed E-state index contributed by atoms with van der Waals surface area (Å²) in [4.78, 5) is 0.115. The first-order valence-electron chi connectivity index (χ1n) is 7.97. The van der Waals surface area contributed by atoms with Gasteiger partial charge in [0.2, 0.25) is 10.0 Å². The van der Waals surface area contributed by atoms with Gasteiger partial charge >= 0.3 is 0 Å². The summed E-state index contributed by atoms with van der Waals surface area (Å²) in [6.45, 7) is 0. The predicted molar refractivity (Wildman–Crippen MR) is 97.9 cm³/mol. The lowest BCUT2D eigenvalue weighted by atomic mass is 9.66. The molecule has 0 N–H and O–H groups in total. The number of sulfonamides is 1. The minimum Gasteiger partial charge on any atom is -0.493 e. The van der Waals surface area contributed by atoms with E-state index in [-0.39, 0.29) is 21.2 Å². The van der Waals surface area contributed by atoms with E-state index >= 15 is 0 Å². The molecule has 2 bridgehead atoms. The third kappa shape index (κ3) is 1.91. The van der Waals surface area contributed by atoms with E-state index in [1.807, 2.05) is 6.07 Å². The van der Waals surface area contributed by atoms with Crippen LogP contribution in [-0.2, 0) is 15.4 Å². The van der Waals surface area contributed by atoms with E-state index in [2.05, 4.69) is 31.9 Å². The Balaban J connectivity index is 2.07. The number of rotatable bonds is 2. The van der Waals surface area contributed by atoms with Gasteiger partial charge in [0, 0.05) is 17.5 Å². The zero-order valence-corrected chi connectivity index (χ0v) is 17.4. The topological polar surface area (TPSA) is 55.8 Å². The fraction of sp³-hybridized carbons (Fsp3) is 0.625. The average Bonchev–Trinajstić information content (AvgIpc) is 2.80. The summed E-state index contributed by atoms with van der Waals surface area (Å²) in [5, 5.41) is 0. The summed E-state index contributed by atoms with van der Waals surface area (Å²) in [7, 11) is -0.480. The molecule has 1 saturated heterocycles. The van der Waals surface area contributed by atoms with Gasteiger partial charge in [0.25, 0.3) is 0 Å². The third-order valence-corrected chi connectivity index (χ3v) is 10.9. The molecule has 5 atom stereocenters. The van der Waals surface area contributed by atoms with Gasteiger partial charge in [-0.2, -0.15) is 4.31 Å². The molecule has 0 aromatic heterocycles. The molecule has 8 heteroatoms. The maximum absolute atomic E-state index is 13.3. The summed E-state index contributed by atoms with van der Waals surface area (Å²) >= 11 is 7.46. The minimum absolute atomic E-state index is 0.0180. The van der Waals surface area contributed by atoms with Crippen molar-refractivity contribution >= 4 is 41.9 Å². The SMILES string of the molecule is COc1cc2c(cc1OC)S(=O)(=O)N1[C@@H](Br)[C@H](Br)[C@@]23CCCC[C@@H]13. The Kier molecular flexibility index (Phi) is 3.99. The van der Waals surface area contributed by atoms with E-state index in [1.165, 1.54) is 7.11 Å². The summed E-state index contributed by atoms with van der Waals surface area (Å²) in [5.41, 5.74) is 0.636. The maximum atomic E-state index is 13.3. The Hall–Kier alpha value is -0.310. The van der Waals surface area contributed by atoms with Crippen LogP contribution in [0.15, 0.2) is 17.0 Å². The number of benzene rings is 1. The zero-order valence-electron chi connectivity index (χ0n) is 13.5. The number of alkyl halides is 2. The first kappa shape index (κ1) is 17.1. The molecule has 1 unspecified atom stereocenters. The van der Waals surface area contributed by atoms with E-state index in [0.29, 0.717) is 16.4 Å². The lowest BCUT2D eigenvalue weighted by Crippen LogP contribution is -2.53. The molecule has 2 fully saturated rings. The van der Waals surface area contributed by atoms with Crippen LogP contribution in [0.3, 0.4) is 0 Å². The molecule has 0 spiro atoms. The van der Waals surface area contributed by atoms with Crippen molar-refractivity contribution in [2.24, 2.45) is 0 Å². The molecule has 0 amide bonds. The second-order valence-corrected chi connectivity index (χ2v) is 10.4. The predicted octanol–water partition coefficient (Wildman–Crippen LogP) is 3.39. The van der Waals surface area contributed by atoms with Crippen molar-refractivity contribution in [1.82, 2.24) is 4.31 Å². The molecule has 2 aliphatic heterocycles. The van der Waals surface area contributed by atoms with Crippen LogP contribution in [0.5, 0.6) is 11.5 Å². The highest BCUT2D eigenvalue weighted by molar-refractivity contribution is 9.12. The smallest absolute Gasteiger partial charge is 0.244 e. The highest BCUT2D eigenvalue weighted by Gasteiger charge is 2.66. The van der Waals surface area contributed by atoms with Crippen LogP contribution in [0.25, 0.3) is 0 Å². The van der Waals surface area contributed by atoms with Crippen LogP contribution in [0.1, 0.15) is 31.2 Å². The van der Waals surface area contributed by atoms with Crippen molar-refractivity contribution in [2.75, 3.05) is 14.2 Å². The summed E-state index contributed by atoms with van der Waals surface area (Å²) in [6.07, 6.45) is 4.00. The van der Waals surface area contributed by atoms with Gasteiger partial charge in [0.15, 0.2) is 11.5 Å². The number of methoxy groups -OCH3 is 2. The molecular formula is C16H19Br2NO4S. The van der Waals surface area contributed by atoms with Crippen LogP contribution < -0.4 is 9.47 Å². The Bertz CT molecular complexity index is 800. The molecule has 0 radical (unpaired) electrons. The van der Waals surface area contributed by atoms with Gasteiger partial charge in [-0.1, -0.05) is 44.7 Å². The van der Waals surface area contributed by atoms with Crippen molar-refractivity contribution in [1.29, 1.82) is 0 Å². The van der Waals surface area contributed by atoms with E-state index in [4.69, 9.17) is 9.47 Å². The molecule has 4 rings (SSSR count). The van der Waals surface area contributed by atoms with Gasteiger partial charge in [0.05, 0.1) is 28.9 Å². The van der Waals surface area contributed by atoms with Gasteiger partial charge in [-0.05, 0) is 24.5 Å². The number of fused-ring (bicyclic) bond motifs is 1. The number of hydrogen-bond acceptors (Lipinski definition) is 4. The summed E-state index contributed by atoms with van der Waals surface area (Å²) < 4.78 is 39.1.